The normalized spacial score (nSPS) is 13.0. The van der Waals surface area contributed by atoms with Gasteiger partial charge in [-0.05, 0) is 60.3 Å². The van der Waals surface area contributed by atoms with Crippen molar-refractivity contribution >= 4 is 54.5 Å². The summed E-state index contributed by atoms with van der Waals surface area (Å²) in [5, 5.41) is 14.0. The van der Waals surface area contributed by atoms with E-state index in [0.29, 0.717) is 6.42 Å². The molecule has 0 amide bonds. The molecule has 2 rings (SSSR count). The van der Waals surface area contributed by atoms with Crippen LogP contribution >= 0.6 is 54.5 Å². The van der Waals surface area contributed by atoms with Crippen molar-refractivity contribution < 1.29 is 5.11 Å². The highest BCUT2D eigenvalue weighted by Gasteiger charge is 2.12. The van der Waals surface area contributed by atoms with Gasteiger partial charge in [-0.2, -0.15) is 0 Å². The predicted octanol–water partition coefficient (Wildman–Crippen LogP) is 4.61. The number of aliphatic hydroxyl groups excluding tert-OH is 1. The molecule has 1 atom stereocenters. The van der Waals surface area contributed by atoms with Gasteiger partial charge in [-0.15, -0.1) is 22.7 Å². The second-order valence-corrected chi connectivity index (χ2v) is 7.24. The molecule has 0 aromatic carbocycles. The van der Waals surface area contributed by atoms with E-state index in [1.165, 1.54) is 4.88 Å². The quantitative estimate of drug-likeness (QED) is 0.839. The fourth-order valence-electron chi connectivity index (χ4n) is 1.26. The molecule has 0 aliphatic carbocycles. The number of rotatable bonds is 3. The highest BCUT2D eigenvalue weighted by molar-refractivity contribution is 9.11. The van der Waals surface area contributed by atoms with E-state index >= 15 is 0 Å². The van der Waals surface area contributed by atoms with Crippen molar-refractivity contribution in [1.82, 2.24) is 0 Å². The van der Waals surface area contributed by atoms with Crippen LogP contribution in [0, 0.1) is 0 Å². The van der Waals surface area contributed by atoms with Crippen LogP contribution in [-0.4, -0.2) is 5.11 Å². The van der Waals surface area contributed by atoms with E-state index in [2.05, 4.69) is 31.9 Å². The lowest BCUT2D eigenvalue weighted by Crippen LogP contribution is -1.98. The Balaban J connectivity index is 2.10. The van der Waals surface area contributed by atoms with Crippen LogP contribution < -0.4 is 0 Å². The zero-order valence-electron chi connectivity index (χ0n) is 7.61. The van der Waals surface area contributed by atoms with E-state index in [0.717, 1.165) is 13.8 Å². The summed E-state index contributed by atoms with van der Waals surface area (Å²) in [4.78, 5) is 1.19. The number of thiophene rings is 2. The molecule has 1 N–H and O–H groups in total. The Bertz CT molecular complexity index is 450. The maximum atomic E-state index is 10.0. The molecule has 1 unspecified atom stereocenters. The topological polar surface area (TPSA) is 20.2 Å². The summed E-state index contributed by atoms with van der Waals surface area (Å²) < 4.78 is 2.14. The van der Waals surface area contributed by atoms with Gasteiger partial charge < -0.3 is 5.11 Å². The predicted molar refractivity (Wildman–Crippen MR) is 72.7 cm³/mol. The first-order chi connectivity index (χ1) is 7.16. The molecule has 15 heavy (non-hydrogen) atoms. The third-order valence-electron chi connectivity index (χ3n) is 2.04. The van der Waals surface area contributed by atoms with Gasteiger partial charge in [0.15, 0.2) is 0 Å². The van der Waals surface area contributed by atoms with Gasteiger partial charge in [0, 0.05) is 15.8 Å². The van der Waals surface area contributed by atoms with Crippen LogP contribution in [0.1, 0.15) is 16.5 Å². The zero-order valence-corrected chi connectivity index (χ0v) is 12.4. The summed E-state index contributed by atoms with van der Waals surface area (Å²) >= 11 is 10.1. The molecule has 0 fully saturated rings. The average Bonchev–Trinajstić information content (AvgIpc) is 2.77. The van der Waals surface area contributed by atoms with Gasteiger partial charge in [0.1, 0.15) is 0 Å². The van der Waals surface area contributed by atoms with Gasteiger partial charge >= 0.3 is 0 Å². The van der Waals surface area contributed by atoms with Gasteiger partial charge in [-0.1, -0.05) is 0 Å². The lowest BCUT2D eigenvalue weighted by atomic mass is 10.1. The Hall–Kier alpha value is 0.320. The number of halogens is 2. The molecule has 0 aliphatic heterocycles. The number of hydrogen-bond acceptors (Lipinski definition) is 3. The van der Waals surface area contributed by atoms with Crippen molar-refractivity contribution in [2.24, 2.45) is 0 Å². The summed E-state index contributed by atoms with van der Waals surface area (Å²) in [5.74, 6) is 0. The molecule has 2 heterocycles. The summed E-state index contributed by atoms with van der Waals surface area (Å²) in [6.45, 7) is 0. The lowest BCUT2D eigenvalue weighted by Gasteiger charge is -2.07. The second-order valence-electron chi connectivity index (χ2n) is 3.10. The first kappa shape index (κ1) is 11.8. The molecule has 2 aromatic rings. The molecule has 80 valence electrons. The summed E-state index contributed by atoms with van der Waals surface area (Å²) in [7, 11) is 0. The van der Waals surface area contributed by atoms with Crippen LogP contribution in [-0.2, 0) is 6.42 Å². The van der Waals surface area contributed by atoms with E-state index < -0.39 is 6.10 Å². The Morgan fingerprint density at radius 2 is 2.13 bits per heavy atom. The van der Waals surface area contributed by atoms with Gasteiger partial charge in [-0.25, -0.2) is 0 Å². The number of hydrogen-bond donors (Lipinski definition) is 1. The van der Waals surface area contributed by atoms with Crippen molar-refractivity contribution in [1.29, 1.82) is 0 Å². The van der Waals surface area contributed by atoms with Crippen LogP contribution in [0.15, 0.2) is 31.2 Å². The largest absolute Gasteiger partial charge is 0.388 e. The third kappa shape index (κ3) is 2.91. The monoisotopic (exact) mass is 366 g/mol. The molecule has 0 aliphatic rings. The van der Waals surface area contributed by atoms with Crippen LogP contribution in [0.5, 0.6) is 0 Å². The van der Waals surface area contributed by atoms with E-state index in [1.54, 1.807) is 22.7 Å². The van der Waals surface area contributed by atoms with Crippen molar-refractivity contribution in [3.63, 3.8) is 0 Å². The maximum Gasteiger partial charge on any atom is 0.0847 e. The Morgan fingerprint density at radius 3 is 2.67 bits per heavy atom. The Kier molecular flexibility index (Phi) is 4.01. The third-order valence-corrected chi connectivity index (χ3v) is 5.51. The van der Waals surface area contributed by atoms with Crippen molar-refractivity contribution in [3.8, 4) is 0 Å². The Labute approximate surface area is 113 Å². The van der Waals surface area contributed by atoms with E-state index in [1.807, 2.05) is 22.9 Å². The summed E-state index contributed by atoms with van der Waals surface area (Å²) in [6, 6.07) is 3.98. The van der Waals surface area contributed by atoms with Gasteiger partial charge in [0.05, 0.1) is 9.89 Å². The minimum atomic E-state index is -0.414. The van der Waals surface area contributed by atoms with Crippen LogP contribution in [0.3, 0.4) is 0 Å². The van der Waals surface area contributed by atoms with Crippen LogP contribution in [0.4, 0.5) is 0 Å². The van der Waals surface area contributed by atoms with Crippen LogP contribution in [0.25, 0.3) is 0 Å². The standard InChI is InChI=1S/C10H8Br2OS2/c11-7-1-2-14-9(7)4-8(13)6-3-10(12)15-5-6/h1-3,5,8,13H,4H2. The first-order valence-electron chi connectivity index (χ1n) is 4.30. The number of aliphatic hydroxyl groups is 1. The molecule has 0 radical (unpaired) electrons. The molecule has 5 heteroatoms. The molecule has 1 nitrogen and oxygen atoms in total. The van der Waals surface area contributed by atoms with Gasteiger partial charge in [0.2, 0.25) is 0 Å². The second kappa shape index (κ2) is 5.10. The molecule has 0 saturated carbocycles. The maximum absolute atomic E-state index is 10.0. The molecule has 0 bridgehead atoms. The minimum Gasteiger partial charge on any atom is -0.388 e. The fourth-order valence-corrected chi connectivity index (χ4v) is 4.04. The van der Waals surface area contributed by atoms with E-state index in [9.17, 15) is 5.11 Å². The van der Waals surface area contributed by atoms with Crippen molar-refractivity contribution in [2.45, 2.75) is 12.5 Å². The molecule has 0 spiro atoms. The minimum absolute atomic E-state index is 0.414. The highest BCUT2D eigenvalue weighted by atomic mass is 79.9. The fraction of sp³-hybridized carbons (Fsp3) is 0.200. The lowest BCUT2D eigenvalue weighted by molar-refractivity contribution is 0.179. The molecule has 0 saturated heterocycles. The summed E-state index contributed by atoms with van der Waals surface area (Å²) in [5.41, 5.74) is 0.979. The van der Waals surface area contributed by atoms with E-state index in [-0.39, 0.29) is 0 Å². The average molecular weight is 368 g/mol. The SMILES string of the molecule is OC(Cc1sccc1Br)c1csc(Br)c1. The van der Waals surface area contributed by atoms with Crippen molar-refractivity contribution in [3.05, 3.63) is 41.6 Å². The van der Waals surface area contributed by atoms with E-state index in [4.69, 9.17) is 0 Å². The molecule has 2 aromatic heterocycles. The molecular formula is C10H8Br2OS2. The highest BCUT2D eigenvalue weighted by Crippen LogP contribution is 2.31. The van der Waals surface area contributed by atoms with Gasteiger partial charge in [-0.3, -0.25) is 0 Å². The zero-order chi connectivity index (χ0) is 10.8. The van der Waals surface area contributed by atoms with Gasteiger partial charge in [0.25, 0.3) is 0 Å². The van der Waals surface area contributed by atoms with Crippen molar-refractivity contribution in [2.75, 3.05) is 0 Å². The van der Waals surface area contributed by atoms with Crippen LogP contribution in [0.2, 0.25) is 0 Å². The summed E-state index contributed by atoms with van der Waals surface area (Å²) in [6.07, 6.45) is 0.254. The first-order valence-corrected chi connectivity index (χ1v) is 7.65. The molecular weight excluding hydrogens is 360 g/mol. The Morgan fingerprint density at radius 1 is 1.33 bits per heavy atom. The smallest absolute Gasteiger partial charge is 0.0847 e.